The Morgan fingerprint density at radius 1 is 1.19 bits per heavy atom. The SMILES string of the molecule is CCN(CC)c1ccc(NC(=O)OC(C[N+](=O)[O-])c2ccccc2)c(C)c1. The van der Waals surface area contributed by atoms with Gasteiger partial charge in [0, 0.05) is 29.4 Å². The van der Waals surface area contributed by atoms with Crippen molar-refractivity contribution in [1.82, 2.24) is 0 Å². The number of carbonyl (C=O) groups excluding carboxylic acids is 1. The van der Waals surface area contributed by atoms with Crippen LogP contribution in [0.15, 0.2) is 48.5 Å². The highest BCUT2D eigenvalue weighted by molar-refractivity contribution is 5.86. The molecule has 0 heterocycles. The number of carbonyl (C=O) groups is 1. The van der Waals surface area contributed by atoms with Gasteiger partial charge in [-0.25, -0.2) is 4.79 Å². The molecule has 7 heteroatoms. The van der Waals surface area contributed by atoms with Crippen LogP contribution in [0.4, 0.5) is 16.2 Å². The van der Waals surface area contributed by atoms with Crippen LogP contribution in [0.25, 0.3) is 0 Å². The predicted molar refractivity (Wildman–Crippen MR) is 106 cm³/mol. The van der Waals surface area contributed by atoms with Crippen molar-refractivity contribution in [3.8, 4) is 0 Å². The molecule has 0 aromatic heterocycles. The zero-order valence-electron chi connectivity index (χ0n) is 15.8. The number of amides is 1. The van der Waals surface area contributed by atoms with Crippen molar-refractivity contribution in [2.75, 3.05) is 29.9 Å². The fourth-order valence-electron chi connectivity index (χ4n) is 2.86. The van der Waals surface area contributed by atoms with Gasteiger partial charge in [-0.3, -0.25) is 15.4 Å². The highest BCUT2D eigenvalue weighted by Crippen LogP contribution is 2.24. The molecule has 0 spiro atoms. The number of nitrogens with one attached hydrogen (secondary N) is 1. The van der Waals surface area contributed by atoms with E-state index in [2.05, 4.69) is 24.1 Å². The van der Waals surface area contributed by atoms with Crippen molar-refractivity contribution in [2.24, 2.45) is 0 Å². The van der Waals surface area contributed by atoms with Crippen LogP contribution in [0.2, 0.25) is 0 Å². The van der Waals surface area contributed by atoms with Crippen LogP contribution in [-0.2, 0) is 4.74 Å². The molecule has 0 fully saturated rings. The molecule has 2 aromatic rings. The summed E-state index contributed by atoms with van der Waals surface area (Å²) in [6, 6.07) is 14.4. The summed E-state index contributed by atoms with van der Waals surface area (Å²) in [6.45, 7) is 7.36. The minimum atomic E-state index is -0.948. The molecule has 0 aliphatic carbocycles. The fraction of sp³-hybridized carbons (Fsp3) is 0.350. The largest absolute Gasteiger partial charge is 0.434 e. The molecule has 144 valence electrons. The third-order valence-electron chi connectivity index (χ3n) is 4.31. The molecule has 0 aliphatic rings. The second-order valence-corrected chi connectivity index (χ2v) is 6.12. The Bertz CT molecular complexity index is 776. The van der Waals surface area contributed by atoms with Gasteiger partial charge in [-0.05, 0) is 50.1 Å². The van der Waals surface area contributed by atoms with Gasteiger partial charge < -0.3 is 9.64 Å². The number of hydrogen-bond acceptors (Lipinski definition) is 5. The average Bonchev–Trinajstić information content (AvgIpc) is 2.64. The van der Waals surface area contributed by atoms with Gasteiger partial charge in [0.25, 0.3) is 0 Å². The summed E-state index contributed by atoms with van der Waals surface area (Å²) in [5, 5.41) is 13.6. The maximum absolute atomic E-state index is 12.3. The lowest BCUT2D eigenvalue weighted by Crippen LogP contribution is -2.23. The number of ether oxygens (including phenoxy) is 1. The summed E-state index contributed by atoms with van der Waals surface area (Å²) < 4.78 is 5.32. The van der Waals surface area contributed by atoms with Gasteiger partial charge in [-0.2, -0.15) is 0 Å². The van der Waals surface area contributed by atoms with E-state index in [1.165, 1.54) is 0 Å². The second-order valence-electron chi connectivity index (χ2n) is 6.12. The minimum Gasteiger partial charge on any atom is -0.434 e. The fourth-order valence-corrected chi connectivity index (χ4v) is 2.86. The van der Waals surface area contributed by atoms with Gasteiger partial charge in [0.05, 0.1) is 0 Å². The normalized spacial score (nSPS) is 11.5. The third-order valence-corrected chi connectivity index (χ3v) is 4.31. The first-order valence-corrected chi connectivity index (χ1v) is 8.94. The number of benzene rings is 2. The molecule has 27 heavy (non-hydrogen) atoms. The number of anilines is 2. The topological polar surface area (TPSA) is 84.7 Å². The Kier molecular flexibility index (Phi) is 7.16. The van der Waals surface area contributed by atoms with Gasteiger partial charge in [-0.15, -0.1) is 0 Å². The number of aryl methyl sites for hydroxylation is 1. The van der Waals surface area contributed by atoms with E-state index in [0.29, 0.717) is 11.3 Å². The molecule has 7 nitrogen and oxygen atoms in total. The quantitative estimate of drug-likeness (QED) is 0.549. The van der Waals surface area contributed by atoms with Crippen molar-refractivity contribution in [3.05, 3.63) is 69.8 Å². The molecule has 1 atom stereocenters. The molecule has 1 amide bonds. The van der Waals surface area contributed by atoms with E-state index >= 15 is 0 Å². The van der Waals surface area contributed by atoms with Crippen LogP contribution in [0.5, 0.6) is 0 Å². The van der Waals surface area contributed by atoms with Crippen molar-refractivity contribution in [2.45, 2.75) is 26.9 Å². The first-order valence-electron chi connectivity index (χ1n) is 8.94. The van der Waals surface area contributed by atoms with E-state index in [-0.39, 0.29) is 0 Å². The molecule has 0 saturated heterocycles. The summed E-state index contributed by atoms with van der Waals surface area (Å²) in [6.07, 6.45) is -1.67. The van der Waals surface area contributed by atoms with Crippen LogP contribution in [0.1, 0.15) is 31.1 Å². The first-order chi connectivity index (χ1) is 12.9. The Labute approximate surface area is 159 Å². The predicted octanol–water partition coefficient (Wildman–Crippen LogP) is 4.41. The minimum absolute atomic E-state index is 0.489. The lowest BCUT2D eigenvalue weighted by Gasteiger charge is -2.22. The first kappa shape index (κ1) is 20.2. The molecule has 0 aliphatic heterocycles. The van der Waals surface area contributed by atoms with Crippen LogP contribution in [-0.4, -0.2) is 30.7 Å². The summed E-state index contributed by atoms with van der Waals surface area (Å²) >= 11 is 0. The highest BCUT2D eigenvalue weighted by Gasteiger charge is 2.22. The van der Waals surface area contributed by atoms with E-state index in [9.17, 15) is 14.9 Å². The number of nitro groups is 1. The Balaban J connectivity index is 2.10. The van der Waals surface area contributed by atoms with Crippen molar-refractivity contribution < 1.29 is 14.5 Å². The molecule has 1 unspecified atom stereocenters. The number of hydrogen-bond donors (Lipinski definition) is 1. The molecule has 1 N–H and O–H groups in total. The van der Waals surface area contributed by atoms with Gasteiger partial charge in [-0.1, -0.05) is 30.3 Å². The van der Waals surface area contributed by atoms with Gasteiger partial charge in [0.2, 0.25) is 6.54 Å². The Morgan fingerprint density at radius 2 is 1.85 bits per heavy atom. The zero-order valence-corrected chi connectivity index (χ0v) is 15.8. The van der Waals surface area contributed by atoms with Crippen molar-refractivity contribution in [1.29, 1.82) is 0 Å². The van der Waals surface area contributed by atoms with Crippen LogP contribution < -0.4 is 10.2 Å². The standard InChI is InChI=1S/C20H25N3O4/c1-4-22(5-2)17-11-12-18(15(3)13-17)21-20(24)27-19(14-23(25)26)16-9-7-6-8-10-16/h6-13,19H,4-5,14H2,1-3H3,(H,21,24). The lowest BCUT2D eigenvalue weighted by atomic mass is 10.1. The van der Waals surface area contributed by atoms with E-state index < -0.39 is 23.7 Å². The highest BCUT2D eigenvalue weighted by atomic mass is 16.6. The van der Waals surface area contributed by atoms with E-state index in [4.69, 9.17) is 4.74 Å². The maximum Gasteiger partial charge on any atom is 0.412 e. The summed E-state index contributed by atoms with van der Waals surface area (Å²) in [5.41, 5.74) is 3.16. The molecule has 0 bridgehead atoms. The molecule has 2 rings (SSSR count). The van der Waals surface area contributed by atoms with E-state index in [0.717, 1.165) is 24.3 Å². The van der Waals surface area contributed by atoms with Crippen molar-refractivity contribution in [3.63, 3.8) is 0 Å². The second kappa shape index (κ2) is 9.56. The maximum atomic E-state index is 12.3. The van der Waals surface area contributed by atoms with Gasteiger partial charge in [0.1, 0.15) is 0 Å². The Morgan fingerprint density at radius 3 is 2.41 bits per heavy atom. The van der Waals surface area contributed by atoms with Crippen LogP contribution in [0, 0.1) is 17.0 Å². The van der Waals surface area contributed by atoms with E-state index in [1.54, 1.807) is 30.3 Å². The Hall–Kier alpha value is -3.09. The summed E-state index contributed by atoms with van der Waals surface area (Å²) in [7, 11) is 0. The lowest BCUT2D eigenvalue weighted by molar-refractivity contribution is -0.490. The smallest absolute Gasteiger partial charge is 0.412 e. The summed E-state index contributed by atoms with van der Waals surface area (Å²) in [4.78, 5) is 24.9. The van der Waals surface area contributed by atoms with Crippen molar-refractivity contribution >= 4 is 17.5 Å². The summed E-state index contributed by atoms with van der Waals surface area (Å²) in [5.74, 6) is 0. The van der Waals surface area contributed by atoms with E-state index in [1.807, 2.05) is 25.1 Å². The van der Waals surface area contributed by atoms with Gasteiger partial charge in [0.15, 0.2) is 6.10 Å². The molecule has 0 saturated carbocycles. The van der Waals surface area contributed by atoms with Crippen LogP contribution >= 0.6 is 0 Å². The average molecular weight is 371 g/mol. The molecular formula is C20H25N3O4. The molecule has 2 aromatic carbocycles. The molecular weight excluding hydrogens is 346 g/mol. The monoisotopic (exact) mass is 371 g/mol. The molecule has 0 radical (unpaired) electrons. The number of rotatable bonds is 8. The van der Waals surface area contributed by atoms with Crippen LogP contribution in [0.3, 0.4) is 0 Å². The zero-order chi connectivity index (χ0) is 19.8. The van der Waals surface area contributed by atoms with Gasteiger partial charge >= 0.3 is 6.09 Å². The number of nitrogens with zero attached hydrogens (tertiary/aromatic N) is 2. The third kappa shape index (κ3) is 5.70.